The summed E-state index contributed by atoms with van der Waals surface area (Å²) in [6.07, 6.45) is 2.08. The lowest BCUT2D eigenvalue weighted by Crippen LogP contribution is -2.41. The molecular weight excluding hydrogens is 276 g/mol. The Hall–Kier alpha value is -1.26. The van der Waals surface area contributed by atoms with E-state index in [1.165, 1.54) is 0 Å². The Morgan fingerprint density at radius 3 is 2.95 bits per heavy atom. The van der Waals surface area contributed by atoms with E-state index in [-0.39, 0.29) is 24.2 Å². The molecule has 1 atom stereocenters. The molecule has 2 rings (SSSR count). The van der Waals surface area contributed by atoms with Crippen LogP contribution in [0, 0.1) is 5.92 Å². The summed E-state index contributed by atoms with van der Waals surface area (Å²) in [6, 6.07) is 7.86. The third-order valence-electron chi connectivity index (χ3n) is 3.58. The molecule has 20 heavy (non-hydrogen) atoms. The molecule has 1 aliphatic heterocycles. The van der Waals surface area contributed by atoms with E-state index in [0.29, 0.717) is 6.54 Å². The van der Waals surface area contributed by atoms with Crippen LogP contribution in [0.4, 0.5) is 0 Å². The van der Waals surface area contributed by atoms with E-state index in [9.17, 15) is 4.79 Å². The molecule has 4 nitrogen and oxygen atoms in total. The Balaban J connectivity index is 0.00000200. The minimum Gasteiger partial charge on any atom is -0.497 e. The standard InChI is InChI=1S/C15H22N2O2.ClH/c1-17(15(18)13-6-4-8-16-10-13)11-12-5-3-7-14(9-12)19-2;/h3,5,7,9,13,16H,4,6,8,10-11H2,1-2H3;1H/t13-;/m1./s1. The minimum atomic E-state index is 0. The van der Waals surface area contributed by atoms with Gasteiger partial charge in [-0.3, -0.25) is 4.79 Å². The monoisotopic (exact) mass is 298 g/mol. The highest BCUT2D eigenvalue weighted by molar-refractivity contribution is 5.85. The van der Waals surface area contributed by atoms with Gasteiger partial charge >= 0.3 is 0 Å². The van der Waals surface area contributed by atoms with Crippen LogP contribution in [0.5, 0.6) is 5.75 Å². The molecule has 112 valence electrons. The summed E-state index contributed by atoms with van der Waals surface area (Å²) < 4.78 is 5.20. The second-order valence-electron chi connectivity index (χ2n) is 5.09. The number of nitrogens with one attached hydrogen (secondary N) is 1. The van der Waals surface area contributed by atoms with Crippen molar-refractivity contribution in [1.82, 2.24) is 10.2 Å². The molecule has 1 fully saturated rings. The number of halogens is 1. The van der Waals surface area contributed by atoms with Crippen LogP contribution in [0.3, 0.4) is 0 Å². The first-order valence-corrected chi connectivity index (χ1v) is 6.79. The predicted octanol–water partition coefficient (Wildman–Crippen LogP) is 2.07. The number of piperidine rings is 1. The Morgan fingerprint density at radius 2 is 2.30 bits per heavy atom. The van der Waals surface area contributed by atoms with Crippen molar-refractivity contribution < 1.29 is 9.53 Å². The smallest absolute Gasteiger partial charge is 0.227 e. The second-order valence-corrected chi connectivity index (χ2v) is 5.09. The van der Waals surface area contributed by atoms with Gasteiger partial charge in [0.15, 0.2) is 0 Å². The Labute approximate surface area is 126 Å². The van der Waals surface area contributed by atoms with Gasteiger partial charge in [0.1, 0.15) is 5.75 Å². The van der Waals surface area contributed by atoms with Crippen molar-refractivity contribution in [3.05, 3.63) is 29.8 Å². The first-order chi connectivity index (χ1) is 9.20. The lowest BCUT2D eigenvalue weighted by atomic mass is 9.98. The van der Waals surface area contributed by atoms with Gasteiger partial charge in [-0.25, -0.2) is 0 Å². The summed E-state index contributed by atoms with van der Waals surface area (Å²) in [5.41, 5.74) is 1.10. The Kier molecular flexibility index (Phi) is 6.82. The van der Waals surface area contributed by atoms with Gasteiger partial charge in [-0.05, 0) is 37.1 Å². The fourth-order valence-electron chi connectivity index (χ4n) is 2.50. The zero-order chi connectivity index (χ0) is 13.7. The molecule has 0 aromatic heterocycles. The zero-order valence-electron chi connectivity index (χ0n) is 12.1. The molecule has 1 heterocycles. The Morgan fingerprint density at radius 1 is 1.50 bits per heavy atom. The first-order valence-electron chi connectivity index (χ1n) is 6.79. The number of carbonyl (C=O) groups excluding carboxylic acids is 1. The van der Waals surface area contributed by atoms with E-state index < -0.39 is 0 Å². The van der Waals surface area contributed by atoms with Crippen molar-refractivity contribution in [2.75, 3.05) is 27.2 Å². The molecule has 0 spiro atoms. The van der Waals surface area contributed by atoms with Gasteiger partial charge in [0.05, 0.1) is 13.0 Å². The van der Waals surface area contributed by atoms with Crippen LogP contribution in [-0.2, 0) is 11.3 Å². The van der Waals surface area contributed by atoms with Crippen LogP contribution in [-0.4, -0.2) is 38.1 Å². The summed E-state index contributed by atoms with van der Waals surface area (Å²) in [5.74, 6) is 1.19. The highest BCUT2D eigenvalue weighted by Gasteiger charge is 2.23. The number of rotatable bonds is 4. The van der Waals surface area contributed by atoms with E-state index in [1.807, 2.05) is 36.2 Å². The van der Waals surface area contributed by atoms with Gasteiger partial charge in [-0.15, -0.1) is 12.4 Å². The highest BCUT2D eigenvalue weighted by atomic mass is 35.5. The molecule has 1 aliphatic rings. The largest absolute Gasteiger partial charge is 0.497 e. The van der Waals surface area contributed by atoms with Crippen LogP contribution >= 0.6 is 12.4 Å². The maximum absolute atomic E-state index is 12.3. The van der Waals surface area contributed by atoms with Crippen LogP contribution in [0.25, 0.3) is 0 Å². The third-order valence-corrected chi connectivity index (χ3v) is 3.58. The summed E-state index contributed by atoms with van der Waals surface area (Å²) >= 11 is 0. The van der Waals surface area contributed by atoms with Crippen molar-refractivity contribution in [2.24, 2.45) is 5.92 Å². The molecular formula is C15H23ClN2O2. The molecule has 1 saturated heterocycles. The van der Waals surface area contributed by atoms with Crippen LogP contribution in [0.2, 0.25) is 0 Å². The van der Waals surface area contributed by atoms with Gasteiger partial charge in [-0.1, -0.05) is 12.1 Å². The number of carbonyl (C=O) groups is 1. The van der Waals surface area contributed by atoms with Gasteiger partial charge < -0.3 is 15.0 Å². The number of hydrogen-bond acceptors (Lipinski definition) is 3. The third kappa shape index (κ3) is 4.39. The molecule has 1 aromatic rings. The van der Waals surface area contributed by atoms with Crippen molar-refractivity contribution in [2.45, 2.75) is 19.4 Å². The lowest BCUT2D eigenvalue weighted by Gasteiger charge is -2.27. The summed E-state index contributed by atoms with van der Waals surface area (Å²) in [5, 5.41) is 3.29. The molecule has 1 N–H and O–H groups in total. The average Bonchev–Trinajstić information content (AvgIpc) is 2.47. The summed E-state index contributed by atoms with van der Waals surface area (Å²) in [6.45, 7) is 2.47. The summed E-state index contributed by atoms with van der Waals surface area (Å²) in [4.78, 5) is 14.1. The fraction of sp³-hybridized carbons (Fsp3) is 0.533. The minimum absolute atomic E-state index is 0. The lowest BCUT2D eigenvalue weighted by molar-refractivity contribution is -0.135. The van der Waals surface area contributed by atoms with Crippen LogP contribution in [0.15, 0.2) is 24.3 Å². The molecule has 1 amide bonds. The molecule has 1 aromatic carbocycles. The van der Waals surface area contributed by atoms with E-state index in [1.54, 1.807) is 7.11 Å². The number of nitrogens with zero attached hydrogens (tertiary/aromatic N) is 1. The molecule has 0 bridgehead atoms. The van der Waals surface area contributed by atoms with Crippen molar-refractivity contribution in [1.29, 1.82) is 0 Å². The molecule has 5 heteroatoms. The van der Waals surface area contributed by atoms with E-state index in [0.717, 1.165) is 37.2 Å². The van der Waals surface area contributed by atoms with Crippen molar-refractivity contribution in [3.8, 4) is 5.75 Å². The maximum atomic E-state index is 12.3. The second kappa shape index (κ2) is 8.12. The average molecular weight is 299 g/mol. The maximum Gasteiger partial charge on any atom is 0.227 e. The van der Waals surface area contributed by atoms with E-state index >= 15 is 0 Å². The number of benzene rings is 1. The van der Waals surface area contributed by atoms with Crippen molar-refractivity contribution >= 4 is 18.3 Å². The number of hydrogen-bond donors (Lipinski definition) is 1. The van der Waals surface area contributed by atoms with Gasteiger partial charge in [-0.2, -0.15) is 0 Å². The van der Waals surface area contributed by atoms with Gasteiger partial charge in [0.2, 0.25) is 5.91 Å². The molecule has 0 radical (unpaired) electrons. The van der Waals surface area contributed by atoms with Crippen LogP contribution in [0.1, 0.15) is 18.4 Å². The quantitative estimate of drug-likeness (QED) is 0.925. The Bertz CT molecular complexity index is 434. The highest BCUT2D eigenvalue weighted by Crippen LogP contribution is 2.17. The predicted molar refractivity (Wildman–Crippen MR) is 82.3 cm³/mol. The van der Waals surface area contributed by atoms with Gasteiger partial charge in [0.25, 0.3) is 0 Å². The molecule has 0 aliphatic carbocycles. The zero-order valence-corrected chi connectivity index (χ0v) is 12.9. The van der Waals surface area contributed by atoms with Gasteiger partial charge in [0, 0.05) is 20.1 Å². The fourth-order valence-corrected chi connectivity index (χ4v) is 2.50. The van der Waals surface area contributed by atoms with Crippen LogP contribution < -0.4 is 10.1 Å². The number of amides is 1. The summed E-state index contributed by atoms with van der Waals surface area (Å²) in [7, 11) is 3.53. The normalized spacial score (nSPS) is 18.0. The SMILES string of the molecule is COc1cccc(CN(C)C(=O)[C@@H]2CCCNC2)c1.Cl. The topological polar surface area (TPSA) is 41.6 Å². The first kappa shape index (κ1) is 16.8. The van der Waals surface area contributed by atoms with E-state index in [4.69, 9.17) is 4.74 Å². The number of ether oxygens (including phenoxy) is 1. The van der Waals surface area contributed by atoms with E-state index in [2.05, 4.69) is 5.32 Å². The number of methoxy groups -OCH3 is 1. The molecule has 0 saturated carbocycles. The molecule has 0 unspecified atom stereocenters. The van der Waals surface area contributed by atoms with Crippen molar-refractivity contribution in [3.63, 3.8) is 0 Å².